The zero-order valence-electron chi connectivity index (χ0n) is 14.9. The van der Waals surface area contributed by atoms with Crippen molar-refractivity contribution in [3.8, 4) is 11.5 Å². The van der Waals surface area contributed by atoms with E-state index in [0.717, 1.165) is 21.2 Å². The number of aryl methyl sites for hydroxylation is 3. The number of carbonyl (C=O) groups is 2. The molecule has 0 atom stereocenters. The zero-order chi connectivity index (χ0) is 19.1. The molecule has 0 saturated carbocycles. The van der Waals surface area contributed by atoms with Gasteiger partial charge in [0.1, 0.15) is 11.5 Å². The van der Waals surface area contributed by atoms with Gasteiger partial charge in [0.05, 0.1) is 0 Å². The first kappa shape index (κ1) is 19.8. The minimum Gasteiger partial charge on any atom is -0.483 e. The molecule has 0 aliphatic carbocycles. The second-order valence-corrected chi connectivity index (χ2v) is 6.77. The molecule has 0 radical (unpaired) electrons. The second-order valence-electron chi connectivity index (χ2n) is 5.85. The number of carbonyl (C=O) groups excluding carboxylic acids is 2. The van der Waals surface area contributed by atoms with Crippen molar-refractivity contribution in [2.45, 2.75) is 20.8 Å². The molecule has 0 aliphatic heterocycles. The van der Waals surface area contributed by atoms with Crippen LogP contribution in [0.5, 0.6) is 11.5 Å². The van der Waals surface area contributed by atoms with E-state index < -0.39 is 11.8 Å². The fraction of sp³-hybridized carbons (Fsp3) is 0.263. The molecule has 2 aromatic rings. The van der Waals surface area contributed by atoms with E-state index in [4.69, 9.17) is 9.47 Å². The van der Waals surface area contributed by atoms with Crippen molar-refractivity contribution in [3.05, 3.63) is 57.6 Å². The van der Waals surface area contributed by atoms with Crippen LogP contribution in [0.1, 0.15) is 16.7 Å². The third-order valence-corrected chi connectivity index (χ3v) is 4.03. The lowest BCUT2D eigenvalue weighted by Crippen LogP contribution is -2.45. The molecule has 2 rings (SSSR count). The maximum absolute atomic E-state index is 11.8. The van der Waals surface area contributed by atoms with Gasteiger partial charge in [-0.15, -0.1) is 0 Å². The highest BCUT2D eigenvalue weighted by Gasteiger charge is 2.09. The van der Waals surface area contributed by atoms with Gasteiger partial charge < -0.3 is 9.47 Å². The first-order chi connectivity index (χ1) is 12.3. The van der Waals surface area contributed by atoms with Crippen molar-refractivity contribution in [3.63, 3.8) is 0 Å². The van der Waals surface area contributed by atoms with Crippen LogP contribution < -0.4 is 20.3 Å². The van der Waals surface area contributed by atoms with Crippen LogP contribution in [0, 0.1) is 20.8 Å². The third-order valence-electron chi connectivity index (χ3n) is 3.54. The molecule has 0 fully saturated rings. The molecule has 138 valence electrons. The van der Waals surface area contributed by atoms with Gasteiger partial charge in [0.25, 0.3) is 11.8 Å². The van der Waals surface area contributed by atoms with Crippen LogP contribution in [-0.4, -0.2) is 25.0 Å². The summed E-state index contributed by atoms with van der Waals surface area (Å²) in [6, 6.07) is 11.2. The number of hydrazine groups is 1. The Morgan fingerprint density at radius 1 is 0.846 bits per heavy atom. The molecule has 0 saturated heterocycles. The lowest BCUT2D eigenvalue weighted by Gasteiger charge is -2.12. The van der Waals surface area contributed by atoms with Crippen LogP contribution in [0.2, 0.25) is 0 Å². The molecular formula is C19H21BrN2O4. The number of hydrogen-bond acceptors (Lipinski definition) is 4. The number of benzene rings is 2. The van der Waals surface area contributed by atoms with E-state index in [1.54, 1.807) is 6.07 Å². The van der Waals surface area contributed by atoms with E-state index in [1.807, 2.05) is 51.1 Å². The highest BCUT2D eigenvalue weighted by molar-refractivity contribution is 9.10. The largest absolute Gasteiger partial charge is 0.483 e. The summed E-state index contributed by atoms with van der Waals surface area (Å²) in [6.07, 6.45) is 0. The molecule has 0 aliphatic rings. The molecule has 26 heavy (non-hydrogen) atoms. The number of rotatable bonds is 6. The van der Waals surface area contributed by atoms with Crippen molar-refractivity contribution >= 4 is 27.7 Å². The fourth-order valence-corrected chi connectivity index (χ4v) is 2.61. The molecule has 0 bridgehead atoms. The highest BCUT2D eigenvalue weighted by Crippen LogP contribution is 2.22. The van der Waals surface area contributed by atoms with E-state index >= 15 is 0 Å². The Labute approximate surface area is 161 Å². The third kappa shape index (κ3) is 6.07. The molecule has 0 unspecified atom stereocenters. The second kappa shape index (κ2) is 9.24. The molecule has 2 aromatic carbocycles. The Hall–Kier alpha value is -2.54. The minimum atomic E-state index is -0.465. The molecule has 0 spiro atoms. The van der Waals surface area contributed by atoms with Crippen LogP contribution in [0.25, 0.3) is 0 Å². The molecule has 2 N–H and O–H groups in total. The number of halogens is 1. The topological polar surface area (TPSA) is 76.7 Å². The molecule has 2 amide bonds. The molecular weight excluding hydrogens is 400 g/mol. The van der Waals surface area contributed by atoms with Crippen molar-refractivity contribution in [1.29, 1.82) is 0 Å². The van der Waals surface area contributed by atoms with Gasteiger partial charge in [-0.2, -0.15) is 0 Å². The normalized spacial score (nSPS) is 10.2. The Bertz CT molecular complexity index is 808. The summed E-state index contributed by atoms with van der Waals surface area (Å²) in [6.45, 7) is 5.32. The van der Waals surface area contributed by atoms with E-state index in [2.05, 4.69) is 26.8 Å². The number of ether oxygens (including phenoxy) is 2. The van der Waals surface area contributed by atoms with Crippen LogP contribution in [0.3, 0.4) is 0 Å². The molecule has 7 heteroatoms. The molecule has 0 heterocycles. The van der Waals surface area contributed by atoms with Gasteiger partial charge in [-0.25, -0.2) is 0 Å². The van der Waals surface area contributed by atoms with Gasteiger partial charge in [-0.3, -0.25) is 20.4 Å². The van der Waals surface area contributed by atoms with E-state index in [0.29, 0.717) is 11.5 Å². The Balaban J connectivity index is 1.73. The highest BCUT2D eigenvalue weighted by atomic mass is 79.9. The van der Waals surface area contributed by atoms with Gasteiger partial charge in [0.2, 0.25) is 0 Å². The van der Waals surface area contributed by atoms with Crippen molar-refractivity contribution in [2.75, 3.05) is 13.2 Å². The summed E-state index contributed by atoms with van der Waals surface area (Å²) in [5.41, 5.74) is 7.47. The van der Waals surface area contributed by atoms with E-state index in [9.17, 15) is 9.59 Å². The SMILES string of the molecule is Cc1ccc(C)c(OCC(=O)NNC(=O)COc2ccc(Br)cc2C)c1. The summed E-state index contributed by atoms with van der Waals surface area (Å²) in [5.74, 6) is 0.319. The van der Waals surface area contributed by atoms with Gasteiger partial charge in [-0.1, -0.05) is 28.1 Å². The first-order valence-corrected chi connectivity index (χ1v) is 8.81. The standard InChI is InChI=1S/C19H21BrN2O4/c1-12-4-5-13(2)17(8-12)26-11-19(24)22-21-18(23)10-25-16-7-6-15(20)9-14(16)3/h4-9H,10-11H2,1-3H3,(H,21,23)(H,22,24). The van der Waals surface area contributed by atoms with Crippen LogP contribution in [0.4, 0.5) is 0 Å². The van der Waals surface area contributed by atoms with Crippen molar-refractivity contribution < 1.29 is 19.1 Å². The smallest absolute Gasteiger partial charge is 0.276 e. The van der Waals surface area contributed by atoms with Crippen LogP contribution in [0.15, 0.2) is 40.9 Å². The van der Waals surface area contributed by atoms with Crippen molar-refractivity contribution in [1.82, 2.24) is 10.9 Å². The maximum atomic E-state index is 11.8. The summed E-state index contributed by atoms with van der Waals surface area (Å²) in [5, 5.41) is 0. The van der Waals surface area contributed by atoms with Gasteiger partial charge in [-0.05, 0) is 61.7 Å². The Kier molecular flexibility index (Phi) is 7.03. The minimum absolute atomic E-state index is 0.197. The number of hydrogen-bond donors (Lipinski definition) is 2. The monoisotopic (exact) mass is 420 g/mol. The lowest BCUT2D eigenvalue weighted by atomic mass is 10.1. The number of nitrogens with one attached hydrogen (secondary N) is 2. The fourth-order valence-electron chi connectivity index (χ4n) is 2.14. The number of amides is 2. The molecule has 0 aromatic heterocycles. The first-order valence-electron chi connectivity index (χ1n) is 8.02. The average Bonchev–Trinajstić information content (AvgIpc) is 2.60. The summed E-state index contributed by atoms with van der Waals surface area (Å²) in [4.78, 5) is 23.6. The van der Waals surface area contributed by atoms with Crippen LogP contribution >= 0.6 is 15.9 Å². The lowest BCUT2D eigenvalue weighted by molar-refractivity contribution is -0.131. The Morgan fingerprint density at radius 2 is 1.46 bits per heavy atom. The zero-order valence-corrected chi connectivity index (χ0v) is 16.5. The maximum Gasteiger partial charge on any atom is 0.276 e. The van der Waals surface area contributed by atoms with E-state index in [1.165, 1.54) is 0 Å². The summed E-state index contributed by atoms with van der Waals surface area (Å²) < 4.78 is 11.8. The summed E-state index contributed by atoms with van der Waals surface area (Å²) >= 11 is 3.36. The van der Waals surface area contributed by atoms with Gasteiger partial charge >= 0.3 is 0 Å². The van der Waals surface area contributed by atoms with Crippen molar-refractivity contribution in [2.24, 2.45) is 0 Å². The van der Waals surface area contributed by atoms with Gasteiger partial charge in [0, 0.05) is 4.47 Å². The van der Waals surface area contributed by atoms with E-state index in [-0.39, 0.29) is 13.2 Å². The predicted molar refractivity (Wildman–Crippen MR) is 102 cm³/mol. The van der Waals surface area contributed by atoms with Crippen LogP contribution in [-0.2, 0) is 9.59 Å². The predicted octanol–water partition coefficient (Wildman–Crippen LogP) is 2.98. The quantitative estimate of drug-likeness (QED) is 0.704. The van der Waals surface area contributed by atoms with Gasteiger partial charge in [0.15, 0.2) is 13.2 Å². The average molecular weight is 421 g/mol. The Morgan fingerprint density at radius 3 is 2.08 bits per heavy atom. The summed E-state index contributed by atoms with van der Waals surface area (Å²) in [7, 11) is 0. The molecule has 6 nitrogen and oxygen atoms in total.